The van der Waals surface area contributed by atoms with Crippen LogP contribution in [0.25, 0.3) is 0 Å². The van der Waals surface area contributed by atoms with Crippen LogP contribution in [0, 0.1) is 0 Å². The highest BCUT2D eigenvalue weighted by Gasteiger charge is 3.09. The van der Waals surface area contributed by atoms with Crippen molar-refractivity contribution >= 4 is 17.5 Å². The van der Waals surface area contributed by atoms with Gasteiger partial charge in [0.15, 0.2) is 11.5 Å². The minimum Gasteiger partial charge on any atom is -0.376 e. The third kappa shape index (κ3) is 0.822. The van der Waals surface area contributed by atoms with Crippen LogP contribution in [-0.4, -0.2) is 68.2 Å². The van der Waals surface area contributed by atoms with Crippen LogP contribution in [0.3, 0.4) is 0 Å². The van der Waals surface area contributed by atoms with Crippen molar-refractivity contribution in [3.63, 3.8) is 0 Å². The quantitative estimate of drug-likeness (QED) is 0.260. The van der Waals surface area contributed by atoms with E-state index in [1.54, 1.807) is 4.90 Å². The summed E-state index contributed by atoms with van der Waals surface area (Å²) in [7, 11) is 0. The number of aromatic nitrogens is 2. The number of aliphatic hydroxyl groups excluding tert-OH is 2. The number of anilines is 3. The lowest BCUT2D eigenvalue weighted by Gasteiger charge is -2.23. The molecule has 0 aliphatic carbocycles. The van der Waals surface area contributed by atoms with Gasteiger partial charge in [0, 0.05) is 0 Å². The van der Waals surface area contributed by atoms with Gasteiger partial charge in [0.25, 0.3) is 11.7 Å². The average molecular weight is 310 g/mol. The maximum absolute atomic E-state index is 12.1. The normalized spacial score (nSPS) is 49.0. The Morgan fingerprint density at radius 1 is 1.55 bits per heavy atom. The molecule has 6 atom stereocenters. The van der Waals surface area contributed by atoms with Gasteiger partial charge in [-0.15, -0.1) is 0 Å². The van der Waals surface area contributed by atoms with Gasteiger partial charge in [-0.3, -0.25) is 9.78 Å². The number of aromatic amines is 1. The Labute approximate surface area is 121 Å². The monoisotopic (exact) mass is 310 g/mol. The molecule has 11 heteroatoms. The van der Waals surface area contributed by atoms with E-state index in [0.717, 1.165) is 0 Å². The summed E-state index contributed by atoms with van der Waals surface area (Å²) in [5.74, 6) is -1.26. The SMILES string of the molecule is Nc1nc2c(c(=O)[nH]1)N(CO)[C@H]1N2[C@@]12[O+]1[C@@H]([C@H]3O[C@]32O)[C@@H]1O. The van der Waals surface area contributed by atoms with Gasteiger partial charge in [-0.2, -0.15) is 4.98 Å². The molecule has 116 valence electrons. The molecule has 1 aromatic heterocycles. The van der Waals surface area contributed by atoms with Crippen molar-refractivity contribution in [1.29, 1.82) is 0 Å². The number of ether oxygens (including phenoxy) is 1. The molecule has 6 heterocycles. The smallest absolute Gasteiger partial charge is 0.350 e. The van der Waals surface area contributed by atoms with E-state index in [-0.39, 0.29) is 23.6 Å². The van der Waals surface area contributed by atoms with Crippen molar-refractivity contribution in [3.8, 4) is 0 Å². The van der Waals surface area contributed by atoms with Crippen LogP contribution in [0.1, 0.15) is 0 Å². The maximum Gasteiger partial charge on any atom is 0.350 e. The Hall–Kier alpha value is -1.92. The fourth-order valence-electron chi connectivity index (χ4n) is 4.44. The number of nitrogens with one attached hydrogen (secondary N) is 1. The molecule has 6 rings (SSSR count). The van der Waals surface area contributed by atoms with Crippen molar-refractivity contribution in [2.24, 2.45) is 0 Å². The topological polar surface area (TPSA) is 154 Å². The summed E-state index contributed by atoms with van der Waals surface area (Å²) < 4.78 is 8.06. The van der Waals surface area contributed by atoms with Crippen LogP contribution in [-0.2, 0) is 9.10 Å². The Morgan fingerprint density at radius 3 is 3.00 bits per heavy atom. The summed E-state index contributed by atoms with van der Waals surface area (Å²) in [6, 6.07) is 0. The molecule has 1 spiro atoms. The van der Waals surface area contributed by atoms with E-state index in [4.69, 9.17) is 10.5 Å². The first kappa shape index (κ1) is 11.6. The lowest BCUT2D eigenvalue weighted by atomic mass is 10.1. The van der Waals surface area contributed by atoms with Crippen molar-refractivity contribution in [2.45, 2.75) is 36.2 Å². The molecule has 0 unspecified atom stereocenters. The molecule has 4 fully saturated rings. The number of aliphatic hydroxyl groups is 3. The fraction of sp³-hybridized carbons (Fsp3) is 0.636. The number of fused-ring (bicyclic) bond motifs is 10. The second-order valence-electron chi connectivity index (χ2n) is 6.14. The molecule has 0 saturated carbocycles. The molecule has 6 N–H and O–H groups in total. The van der Waals surface area contributed by atoms with Gasteiger partial charge in [0.05, 0.1) is 0 Å². The zero-order valence-corrected chi connectivity index (χ0v) is 11.0. The average Bonchev–Trinajstić information content (AvgIpc) is 3.35. The predicted octanol–water partition coefficient (Wildman–Crippen LogP) is -3.68. The number of hydrogen-bond donors (Lipinski definition) is 5. The highest BCUT2D eigenvalue weighted by molar-refractivity contribution is 5.84. The molecule has 1 aromatic rings. The Morgan fingerprint density at radius 2 is 2.32 bits per heavy atom. The lowest BCUT2D eigenvalue weighted by molar-refractivity contribution is -0.194. The van der Waals surface area contributed by atoms with Gasteiger partial charge < -0.3 is 35.1 Å². The fourth-order valence-corrected chi connectivity index (χ4v) is 4.44. The standard InChI is InChI=1S/C11H11N5O6/c12-9-13-5-2(6(18)14-9)15(1-17)8-10(16(5)8)11(20)4(21-11)3-7(19)22(3)10/h3-4,7-8,17,19-20H,1H2,(H2-,12,13,14,18)/p+1/t3-,4+,7+,8-,10+,11+,16?/m0/s1. The van der Waals surface area contributed by atoms with Gasteiger partial charge in [0.2, 0.25) is 18.2 Å². The number of hydrogen-bond acceptors (Lipinski definition) is 9. The zero-order valence-electron chi connectivity index (χ0n) is 11.0. The van der Waals surface area contributed by atoms with E-state index in [0.29, 0.717) is 0 Å². The maximum atomic E-state index is 12.1. The van der Waals surface area contributed by atoms with Crippen molar-refractivity contribution in [1.82, 2.24) is 9.97 Å². The van der Waals surface area contributed by atoms with E-state index >= 15 is 0 Å². The number of nitrogen functional groups attached to an aromatic ring is 1. The third-order valence-electron chi connectivity index (χ3n) is 5.31. The molecular formula is C11H12N5O6+. The summed E-state index contributed by atoms with van der Waals surface area (Å²) in [4.78, 5) is 21.6. The second-order valence-corrected chi connectivity index (χ2v) is 6.14. The molecule has 4 saturated heterocycles. The molecule has 0 aromatic carbocycles. The second kappa shape index (κ2) is 2.81. The van der Waals surface area contributed by atoms with Crippen molar-refractivity contribution in [2.75, 3.05) is 22.3 Å². The van der Waals surface area contributed by atoms with Crippen LogP contribution in [0.15, 0.2) is 4.79 Å². The highest BCUT2D eigenvalue weighted by Crippen LogP contribution is 2.78. The number of epoxide rings is 2. The summed E-state index contributed by atoms with van der Waals surface area (Å²) in [6.45, 7) is -0.444. The van der Waals surface area contributed by atoms with Crippen LogP contribution >= 0.6 is 0 Å². The minimum absolute atomic E-state index is 0.0597. The number of nitrogens with two attached hydrogens (primary N) is 1. The van der Waals surface area contributed by atoms with Gasteiger partial charge >= 0.3 is 17.8 Å². The Kier molecular flexibility index (Phi) is 1.49. The number of nitrogens with zero attached hydrogens (tertiary/aromatic N) is 3. The summed E-state index contributed by atoms with van der Waals surface area (Å²) in [5, 5.41) is 30.3. The van der Waals surface area contributed by atoms with Crippen molar-refractivity contribution < 1.29 is 24.4 Å². The number of H-pyrrole nitrogens is 1. The third-order valence-corrected chi connectivity index (χ3v) is 5.31. The molecule has 0 bridgehead atoms. The van der Waals surface area contributed by atoms with Gasteiger partial charge in [-0.25, -0.2) is 4.90 Å². The first-order chi connectivity index (χ1) is 10.5. The van der Waals surface area contributed by atoms with Crippen LogP contribution < -0.4 is 21.1 Å². The molecule has 5 aliphatic heterocycles. The van der Waals surface area contributed by atoms with E-state index in [2.05, 4.69) is 14.3 Å². The van der Waals surface area contributed by atoms with Gasteiger partial charge in [0.1, 0.15) is 6.73 Å². The van der Waals surface area contributed by atoms with E-state index < -0.39 is 42.4 Å². The molecule has 22 heavy (non-hydrogen) atoms. The van der Waals surface area contributed by atoms with Gasteiger partial charge in [-0.1, -0.05) is 0 Å². The van der Waals surface area contributed by atoms with Gasteiger partial charge in [-0.05, 0) is 0 Å². The molecular weight excluding hydrogens is 298 g/mol. The van der Waals surface area contributed by atoms with E-state index in [1.165, 1.54) is 4.90 Å². The van der Waals surface area contributed by atoms with E-state index in [9.17, 15) is 20.1 Å². The largest absolute Gasteiger partial charge is 0.376 e. The zero-order chi connectivity index (χ0) is 15.2. The van der Waals surface area contributed by atoms with Crippen LogP contribution in [0.5, 0.6) is 0 Å². The molecule has 0 amide bonds. The Balaban J connectivity index is 1.58. The number of rotatable bonds is 1. The predicted molar refractivity (Wildman–Crippen MR) is 68.5 cm³/mol. The minimum atomic E-state index is -1.46. The Bertz CT molecular complexity index is 815. The highest BCUT2D eigenvalue weighted by atomic mass is 17.0. The molecule has 11 nitrogen and oxygen atoms in total. The first-order valence-corrected chi connectivity index (χ1v) is 6.85. The summed E-state index contributed by atoms with van der Waals surface area (Å²) >= 11 is 0. The summed E-state index contributed by atoms with van der Waals surface area (Å²) in [6.07, 6.45) is -2.20. The molecule has 5 aliphatic rings. The lowest BCUT2D eigenvalue weighted by Crippen LogP contribution is -2.47. The van der Waals surface area contributed by atoms with Crippen molar-refractivity contribution in [3.05, 3.63) is 10.4 Å². The van der Waals surface area contributed by atoms with Crippen LogP contribution in [0.2, 0.25) is 0 Å². The first-order valence-electron chi connectivity index (χ1n) is 6.85. The van der Waals surface area contributed by atoms with E-state index in [1.807, 2.05) is 0 Å². The molecule has 0 radical (unpaired) electrons. The van der Waals surface area contributed by atoms with Crippen LogP contribution in [0.4, 0.5) is 17.5 Å². The summed E-state index contributed by atoms with van der Waals surface area (Å²) in [5.41, 5.74) is 4.21.